The first-order chi connectivity index (χ1) is 13.4. The molecular weight excluding hydrogens is 380 g/mol. The van der Waals surface area contributed by atoms with Gasteiger partial charge in [0.15, 0.2) is 0 Å². The first kappa shape index (κ1) is 19.6. The maximum Gasteiger partial charge on any atom is 0.307 e. The van der Waals surface area contributed by atoms with Gasteiger partial charge in [-0.25, -0.2) is 8.42 Å². The Morgan fingerprint density at radius 3 is 2.54 bits per heavy atom. The van der Waals surface area contributed by atoms with Gasteiger partial charge < -0.3 is 9.72 Å². The molecule has 7 nitrogen and oxygen atoms in total. The number of hydrogen-bond donors (Lipinski definition) is 1. The molecule has 0 spiro atoms. The van der Waals surface area contributed by atoms with Crippen LogP contribution in [-0.4, -0.2) is 32.5 Å². The van der Waals surface area contributed by atoms with Gasteiger partial charge in [0.25, 0.3) is 10.0 Å². The fourth-order valence-corrected chi connectivity index (χ4v) is 4.33. The molecule has 8 heteroatoms. The van der Waals surface area contributed by atoms with Gasteiger partial charge in [-0.1, -0.05) is 18.2 Å². The van der Waals surface area contributed by atoms with Gasteiger partial charge in [-0.3, -0.25) is 13.9 Å². The third-order valence-electron chi connectivity index (χ3n) is 4.15. The Labute approximate surface area is 162 Å². The number of nitrogens with one attached hydrogen (secondary N) is 1. The zero-order valence-electron chi connectivity index (χ0n) is 15.3. The van der Waals surface area contributed by atoms with E-state index in [1.165, 1.54) is 22.5 Å². The fourth-order valence-electron chi connectivity index (χ4n) is 2.83. The lowest BCUT2D eigenvalue weighted by Crippen LogP contribution is -2.33. The van der Waals surface area contributed by atoms with Crippen LogP contribution in [0.5, 0.6) is 0 Å². The van der Waals surface area contributed by atoms with E-state index < -0.39 is 16.0 Å². The van der Waals surface area contributed by atoms with Gasteiger partial charge in [-0.15, -0.1) is 0 Å². The van der Waals surface area contributed by atoms with Gasteiger partial charge in [-0.2, -0.15) is 0 Å². The van der Waals surface area contributed by atoms with E-state index in [-0.39, 0.29) is 30.0 Å². The van der Waals surface area contributed by atoms with Crippen LogP contribution < -0.4 is 9.86 Å². The van der Waals surface area contributed by atoms with E-state index in [4.69, 9.17) is 4.74 Å². The number of carbonyl (C=O) groups is 1. The van der Waals surface area contributed by atoms with Crippen molar-refractivity contribution in [2.75, 3.05) is 17.5 Å². The number of aromatic nitrogens is 1. The Morgan fingerprint density at radius 1 is 1.07 bits per heavy atom. The molecule has 28 heavy (non-hydrogen) atoms. The predicted octanol–water partition coefficient (Wildman–Crippen LogP) is 2.68. The molecule has 0 saturated heterocycles. The van der Waals surface area contributed by atoms with E-state index in [9.17, 15) is 18.0 Å². The fraction of sp³-hybridized carbons (Fsp3) is 0.200. The van der Waals surface area contributed by atoms with E-state index in [0.717, 1.165) is 0 Å². The molecular formula is C20H20N2O5S. The molecule has 146 valence electrons. The number of pyridine rings is 1. The molecule has 0 aliphatic rings. The Balaban J connectivity index is 2.01. The van der Waals surface area contributed by atoms with E-state index in [0.29, 0.717) is 16.6 Å². The molecule has 1 N–H and O–H groups in total. The molecule has 1 heterocycles. The van der Waals surface area contributed by atoms with Crippen molar-refractivity contribution >= 4 is 32.6 Å². The van der Waals surface area contributed by atoms with Crippen molar-refractivity contribution in [1.29, 1.82) is 0 Å². The van der Waals surface area contributed by atoms with Crippen molar-refractivity contribution < 1.29 is 17.9 Å². The predicted molar refractivity (Wildman–Crippen MR) is 107 cm³/mol. The number of rotatable bonds is 7. The zero-order valence-corrected chi connectivity index (χ0v) is 16.1. The summed E-state index contributed by atoms with van der Waals surface area (Å²) in [7, 11) is -3.93. The molecule has 0 unspecified atom stereocenters. The number of carbonyl (C=O) groups excluding carboxylic acids is 1. The van der Waals surface area contributed by atoms with E-state index >= 15 is 0 Å². The number of esters is 1. The number of aromatic amines is 1. The number of benzene rings is 2. The van der Waals surface area contributed by atoms with Crippen LogP contribution in [-0.2, 0) is 19.6 Å². The summed E-state index contributed by atoms with van der Waals surface area (Å²) in [6.45, 7) is 1.89. The highest BCUT2D eigenvalue weighted by atomic mass is 32.2. The molecule has 1 aromatic heterocycles. The van der Waals surface area contributed by atoms with Crippen molar-refractivity contribution in [3.63, 3.8) is 0 Å². The number of hydrogen-bond acceptors (Lipinski definition) is 5. The molecule has 0 bridgehead atoms. The smallest absolute Gasteiger partial charge is 0.307 e. The molecule has 0 atom stereocenters. The number of sulfonamides is 1. The third kappa shape index (κ3) is 4.23. The van der Waals surface area contributed by atoms with Crippen LogP contribution in [0.25, 0.3) is 10.9 Å². The van der Waals surface area contributed by atoms with Gasteiger partial charge in [-0.05, 0) is 48.7 Å². The second kappa shape index (κ2) is 8.26. The molecule has 3 aromatic rings. The highest BCUT2D eigenvalue weighted by Gasteiger charge is 2.26. The number of nitrogens with zero attached hydrogens (tertiary/aromatic N) is 1. The van der Waals surface area contributed by atoms with Crippen LogP contribution in [0.3, 0.4) is 0 Å². The lowest BCUT2D eigenvalue weighted by molar-refractivity contribution is -0.142. The van der Waals surface area contributed by atoms with Crippen LogP contribution in [0.4, 0.5) is 5.69 Å². The molecule has 0 amide bonds. The Kier molecular flexibility index (Phi) is 5.79. The maximum atomic E-state index is 13.3. The monoisotopic (exact) mass is 400 g/mol. The largest absolute Gasteiger partial charge is 0.466 e. The summed E-state index contributed by atoms with van der Waals surface area (Å²) < 4.78 is 32.7. The standard InChI is InChI=1S/C20H20N2O5S/c1-2-27-20(24)12-13-22(16-6-4-3-5-7-16)28(25,26)17-9-10-18-15(14-17)8-11-19(23)21-18/h3-11,14H,2,12-13H2,1H3,(H,21,23). The van der Waals surface area contributed by atoms with Crippen molar-refractivity contribution in [1.82, 2.24) is 4.98 Å². The molecule has 0 saturated carbocycles. The van der Waals surface area contributed by atoms with Crippen LogP contribution in [0.2, 0.25) is 0 Å². The van der Waals surface area contributed by atoms with Crippen molar-refractivity contribution in [3.8, 4) is 0 Å². The number of fused-ring (bicyclic) bond motifs is 1. The van der Waals surface area contributed by atoms with Gasteiger partial charge in [0.2, 0.25) is 5.56 Å². The van der Waals surface area contributed by atoms with E-state index in [2.05, 4.69) is 4.98 Å². The molecule has 0 aliphatic carbocycles. The number of anilines is 1. The molecule has 0 radical (unpaired) electrons. The van der Waals surface area contributed by atoms with E-state index in [1.54, 1.807) is 49.4 Å². The van der Waals surface area contributed by atoms with Crippen molar-refractivity contribution in [2.45, 2.75) is 18.2 Å². The van der Waals surface area contributed by atoms with E-state index in [1.807, 2.05) is 0 Å². The number of para-hydroxylation sites is 1. The first-order valence-electron chi connectivity index (χ1n) is 8.78. The highest BCUT2D eigenvalue weighted by Crippen LogP contribution is 2.25. The van der Waals surface area contributed by atoms with Crippen LogP contribution in [0, 0.1) is 0 Å². The molecule has 2 aromatic carbocycles. The second-order valence-electron chi connectivity index (χ2n) is 6.04. The van der Waals surface area contributed by atoms with Gasteiger partial charge in [0.05, 0.1) is 23.6 Å². The lowest BCUT2D eigenvalue weighted by atomic mass is 10.2. The van der Waals surface area contributed by atoms with Gasteiger partial charge in [0.1, 0.15) is 0 Å². The Bertz CT molecular complexity index is 1140. The minimum absolute atomic E-state index is 0.0468. The normalized spacial score (nSPS) is 11.3. The molecule has 0 aliphatic heterocycles. The third-order valence-corrected chi connectivity index (χ3v) is 5.98. The van der Waals surface area contributed by atoms with Crippen LogP contribution in [0.1, 0.15) is 13.3 Å². The van der Waals surface area contributed by atoms with Crippen LogP contribution >= 0.6 is 0 Å². The average Bonchev–Trinajstić information content (AvgIpc) is 2.68. The van der Waals surface area contributed by atoms with Gasteiger partial charge >= 0.3 is 5.97 Å². The minimum Gasteiger partial charge on any atom is -0.466 e. The lowest BCUT2D eigenvalue weighted by Gasteiger charge is -2.24. The minimum atomic E-state index is -3.93. The first-order valence-corrected chi connectivity index (χ1v) is 10.2. The summed E-state index contributed by atoms with van der Waals surface area (Å²) in [6, 6.07) is 16.0. The number of H-pyrrole nitrogens is 1. The zero-order chi connectivity index (χ0) is 20.1. The molecule has 3 rings (SSSR count). The Morgan fingerprint density at radius 2 is 1.82 bits per heavy atom. The maximum absolute atomic E-state index is 13.3. The molecule has 0 fully saturated rings. The quantitative estimate of drug-likeness (QED) is 0.615. The Hall–Kier alpha value is -3.13. The SMILES string of the molecule is CCOC(=O)CCN(c1ccccc1)S(=O)(=O)c1ccc2[nH]c(=O)ccc2c1. The topological polar surface area (TPSA) is 96.5 Å². The summed E-state index contributed by atoms with van der Waals surface area (Å²) in [5.74, 6) is -0.463. The van der Waals surface area contributed by atoms with Crippen LogP contribution in [0.15, 0.2) is 70.4 Å². The average molecular weight is 400 g/mol. The summed E-state index contributed by atoms with van der Waals surface area (Å²) in [6.07, 6.45) is -0.0666. The van der Waals surface area contributed by atoms with Gasteiger partial charge in [0, 0.05) is 18.1 Å². The van der Waals surface area contributed by atoms with Crippen molar-refractivity contribution in [2.24, 2.45) is 0 Å². The summed E-state index contributed by atoms with van der Waals surface area (Å²) in [4.78, 5) is 25.9. The van der Waals surface area contributed by atoms with Crippen molar-refractivity contribution in [3.05, 3.63) is 71.0 Å². The second-order valence-corrected chi connectivity index (χ2v) is 7.90. The highest BCUT2D eigenvalue weighted by molar-refractivity contribution is 7.92. The summed E-state index contributed by atoms with van der Waals surface area (Å²) >= 11 is 0. The summed E-state index contributed by atoms with van der Waals surface area (Å²) in [5.41, 5.74) is 0.737. The number of ether oxygens (including phenoxy) is 1. The summed E-state index contributed by atoms with van der Waals surface area (Å²) in [5, 5.41) is 0.596.